The number of amides is 1. The van der Waals surface area contributed by atoms with Gasteiger partial charge < -0.3 is 9.88 Å². The standard InChI is InChI=1S/C20H27N3OS/c1-14-15(2)21-19-5-4-16(12-18(14)19)20(24)23-8-3-7-22(9-10-23)17-6-11-25-13-17/h4-5,12,17,21H,3,6-11,13H2,1-2H3. The lowest BCUT2D eigenvalue weighted by Gasteiger charge is -2.26. The zero-order chi connectivity index (χ0) is 17.4. The Morgan fingerprint density at radius 1 is 1.20 bits per heavy atom. The first kappa shape index (κ1) is 17.0. The molecule has 2 aliphatic rings. The monoisotopic (exact) mass is 357 g/mol. The minimum Gasteiger partial charge on any atom is -0.358 e. The molecule has 2 saturated heterocycles. The molecule has 0 bridgehead atoms. The molecule has 2 aliphatic heterocycles. The Hall–Kier alpha value is -1.46. The van der Waals surface area contributed by atoms with Crippen molar-refractivity contribution in [2.24, 2.45) is 0 Å². The van der Waals surface area contributed by atoms with Crippen LogP contribution in [0.3, 0.4) is 0 Å². The Labute approximate surface area is 153 Å². The van der Waals surface area contributed by atoms with Crippen molar-refractivity contribution < 1.29 is 4.79 Å². The van der Waals surface area contributed by atoms with E-state index in [1.807, 2.05) is 12.1 Å². The van der Waals surface area contributed by atoms with Crippen LogP contribution < -0.4 is 0 Å². The van der Waals surface area contributed by atoms with E-state index in [4.69, 9.17) is 0 Å². The maximum absolute atomic E-state index is 13.0. The van der Waals surface area contributed by atoms with Gasteiger partial charge in [0.15, 0.2) is 0 Å². The van der Waals surface area contributed by atoms with Crippen molar-refractivity contribution in [2.45, 2.75) is 32.7 Å². The molecule has 1 unspecified atom stereocenters. The number of nitrogens with one attached hydrogen (secondary N) is 1. The van der Waals surface area contributed by atoms with Gasteiger partial charge in [-0.2, -0.15) is 11.8 Å². The van der Waals surface area contributed by atoms with Crippen molar-refractivity contribution in [1.29, 1.82) is 0 Å². The molecular weight excluding hydrogens is 330 g/mol. The number of carbonyl (C=O) groups is 1. The highest BCUT2D eigenvalue weighted by Gasteiger charge is 2.27. The molecule has 4 nitrogen and oxygen atoms in total. The van der Waals surface area contributed by atoms with Gasteiger partial charge in [0.1, 0.15) is 0 Å². The summed E-state index contributed by atoms with van der Waals surface area (Å²) < 4.78 is 0. The topological polar surface area (TPSA) is 39.3 Å². The predicted molar refractivity (Wildman–Crippen MR) is 106 cm³/mol. The Kier molecular flexibility index (Phi) is 4.78. The Balaban J connectivity index is 1.49. The van der Waals surface area contributed by atoms with Gasteiger partial charge in [0, 0.05) is 60.1 Å². The van der Waals surface area contributed by atoms with Crippen LogP contribution in [-0.4, -0.2) is 64.4 Å². The molecule has 3 heterocycles. The summed E-state index contributed by atoms with van der Waals surface area (Å²) in [5.74, 6) is 2.73. The molecule has 25 heavy (non-hydrogen) atoms. The molecular formula is C20H27N3OS. The number of hydrogen-bond acceptors (Lipinski definition) is 3. The fraction of sp³-hybridized carbons (Fsp3) is 0.550. The molecule has 0 saturated carbocycles. The second-order valence-corrected chi connectivity index (χ2v) is 8.48. The third kappa shape index (κ3) is 3.32. The number of benzene rings is 1. The number of aromatic nitrogens is 1. The first-order valence-electron chi connectivity index (χ1n) is 9.33. The van der Waals surface area contributed by atoms with Crippen molar-refractivity contribution in [1.82, 2.24) is 14.8 Å². The van der Waals surface area contributed by atoms with Gasteiger partial charge in [-0.15, -0.1) is 0 Å². The van der Waals surface area contributed by atoms with E-state index in [9.17, 15) is 4.79 Å². The van der Waals surface area contributed by atoms with E-state index in [2.05, 4.69) is 46.5 Å². The molecule has 2 aromatic rings. The lowest BCUT2D eigenvalue weighted by atomic mass is 10.1. The summed E-state index contributed by atoms with van der Waals surface area (Å²) in [5, 5.41) is 1.17. The van der Waals surface area contributed by atoms with Crippen molar-refractivity contribution in [3.8, 4) is 0 Å². The number of fused-ring (bicyclic) bond motifs is 1. The van der Waals surface area contributed by atoms with Gasteiger partial charge in [0.05, 0.1) is 0 Å². The summed E-state index contributed by atoms with van der Waals surface area (Å²) >= 11 is 2.07. The molecule has 1 atom stereocenters. The number of hydrogen-bond donors (Lipinski definition) is 1. The minimum atomic E-state index is 0.183. The summed E-state index contributed by atoms with van der Waals surface area (Å²) in [6, 6.07) is 6.80. The minimum absolute atomic E-state index is 0.183. The van der Waals surface area contributed by atoms with E-state index in [0.29, 0.717) is 0 Å². The lowest BCUT2D eigenvalue weighted by molar-refractivity contribution is 0.0759. The molecule has 5 heteroatoms. The number of H-pyrrole nitrogens is 1. The Bertz CT molecular complexity index is 779. The quantitative estimate of drug-likeness (QED) is 0.895. The number of thioether (sulfide) groups is 1. The van der Waals surface area contributed by atoms with Crippen molar-refractivity contribution >= 4 is 28.6 Å². The fourth-order valence-electron chi connectivity index (χ4n) is 4.09. The highest BCUT2D eigenvalue weighted by Crippen LogP contribution is 2.25. The van der Waals surface area contributed by atoms with Crippen LogP contribution in [0, 0.1) is 13.8 Å². The molecule has 0 radical (unpaired) electrons. The van der Waals surface area contributed by atoms with Gasteiger partial charge in [-0.1, -0.05) is 0 Å². The lowest BCUT2D eigenvalue weighted by Crippen LogP contribution is -2.39. The van der Waals surface area contributed by atoms with E-state index >= 15 is 0 Å². The molecule has 4 rings (SSSR count). The van der Waals surface area contributed by atoms with Gasteiger partial charge in [0.25, 0.3) is 5.91 Å². The van der Waals surface area contributed by atoms with Gasteiger partial charge >= 0.3 is 0 Å². The molecule has 1 aromatic carbocycles. The normalized spacial score (nSPS) is 22.5. The number of aryl methyl sites for hydroxylation is 2. The summed E-state index contributed by atoms with van der Waals surface area (Å²) in [6.07, 6.45) is 2.39. The summed E-state index contributed by atoms with van der Waals surface area (Å²) in [6.45, 7) is 8.07. The van der Waals surface area contributed by atoms with Gasteiger partial charge in [-0.3, -0.25) is 9.69 Å². The maximum atomic E-state index is 13.0. The van der Waals surface area contributed by atoms with Crippen LogP contribution in [0.15, 0.2) is 18.2 Å². The fourth-order valence-corrected chi connectivity index (χ4v) is 5.35. The summed E-state index contributed by atoms with van der Waals surface area (Å²) in [7, 11) is 0. The van der Waals surface area contributed by atoms with Gasteiger partial charge in [-0.25, -0.2) is 0 Å². The zero-order valence-corrected chi connectivity index (χ0v) is 16.0. The Morgan fingerprint density at radius 3 is 2.88 bits per heavy atom. The van der Waals surface area contributed by atoms with Crippen LogP contribution in [0.4, 0.5) is 0 Å². The maximum Gasteiger partial charge on any atom is 0.253 e. The molecule has 0 aliphatic carbocycles. The third-order valence-electron chi connectivity index (χ3n) is 5.79. The first-order chi connectivity index (χ1) is 12.1. The van der Waals surface area contributed by atoms with Crippen LogP contribution >= 0.6 is 11.8 Å². The smallest absolute Gasteiger partial charge is 0.253 e. The highest BCUT2D eigenvalue weighted by molar-refractivity contribution is 7.99. The van der Waals surface area contributed by atoms with Gasteiger partial charge in [0.2, 0.25) is 0 Å². The number of nitrogens with zero attached hydrogens (tertiary/aromatic N) is 2. The van der Waals surface area contributed by atoms with Crippen molar-refractivity contribution in [3.63, 3.8) is 0 Å². The third-order valence-corrected chi connectivity index (χ3v) is 6.94. The average Bonchev–Trinajstić information content (AvgIpc) is 3.17. The van der Waals surface area contributed by atoms with E-state index in [1.165, 1.54) is 34.6 Å². The SMILES string of the molecule is Cc1[nH]c2ccc(C(=O)N3CCCN(C4CCSC4)CC3)cc2c1C. The number of aromatic amines is 1. The van der Waals surface area contributed by atoms with Crippen LogP contribution in [0.5, 0.6) is 0 Å². The van der Waals surface area contributed by atoms with Crippen LogP contribution in [0.25, 0.3) is 10.9 Å². The van der Waals surface area contributed by atoms with E-state index in [-0.39, 0.29) is 5.91 Å². The van der Waals surface area contributed by atoms with Crippen LogP contribution in [0.2, 0.25) is 0 Å². The van der Waals surface area contributed by atoms with E-state index < -0.39 is 0 Å². The van der Waals surface area contributed by atoms with Crippen molar-refractivity contribution in [3.05, 3.63) is 35.0 Å². The van der Waals surface area contributed by atoms with Crippen LogP contribution in [0.1, 0.15) is 34.5 Å². The van der Waals surface area contributed by atoms with E-state index in [1.54, 1.807) is 0 Å². The largest absolute Gasteiger partial charge is 0.358 e. The molecule has 0 spiro atoms. The average molecular weight is 358 g/mol. The zero-order valence-electron chi connectivity index (χ0n) is 15.2. The first-order valence-corrected chi connectivity index (χ1v) is 10.5. The molecule has 1 aromatic heterocycles. The highest BCUT2D eigenvalue weighted by atomic mass is 32.2. The molecule has 134 valence electrons. The Morgan fingerprint density at radius 2 is 2.08 bits per heavy atom. The summed E-state index contributed by atoms with van der Waals surface area (Å²) in [5.41, 5.74) is 4.36. The second kappa shape index (κ2) is 7.04. The molecule has 1 amide bonds. The van der Waals surface area contributed by atoms with Crippen LogP contribution in [-0.2, 0) is 0 Å². The molecule has 2 fully saturated rings. The van der Waals surface area contributed by atoms with E-state index in [0.717, 1.165) is 49.7 Å². The second-order valence-electron chi connectivity index (χ2n) is 7.33. The predicted octanol–water partition coefficient (Wildman–Crippen LogP) is 3.44. The van der Waals surface area contributed by atoms with Crippen molar-refractivity contribution in [2.75, 3.05) is 37.7 Å². The van der Waals surface area contributed by atoms with Gasteiger partial charge in [-0.05, 0) is 56.2 Å². The summed E-state index contributed by atoms with van der Waals surface area (Å²) in [4.78, 5) is 21.1. The number of rotatable bonds is 2. The molecule has 1 N–H and O–H groups in total. The number of carbonyl (C=O) groups excluding carboxylic acids is 1.